The van der Waals surface area contributed by atoms with Crippen LogP contribution in [0.15, 0.2) is 102 Å². The monoisotopic (exact) mass is 938 g/mol. The van der Waals surface area contributed by atoms with Gasteiger partial charge >= 0.3 is 47.7 Å². The molecule has 9 heterocycles. The van der Waals surface area contributed by atoms with Crippen LogP contribution in [0.25, 0.3) is 11.4 Å². The van der Waals surface area contributed by atoms with Crippen LogP contribution in [0.2, 0.25) is 0 Å². The van der Waals surface area contributed by atoms with Crippen molar-refractivity contribution in [3.05, 3.63) is 102 Å². The predicted molar refractivity (Wildman–Crippen MR) is 207 cm³/mol. The number of halogens is 1. The van der Waals surface area contributed by atoms with Crippen LogP contribution in [0, 0.1) is 0 Å². The number of urea groups is 3. The molecule has 57 heavy (non-hydrogen) atoms. The number of nitrogens with one attached hydrogen (secondary N) is 1. The number of carbonyl (C=O) groups excluding carboxylic acids is 3. The standard InChI is InChI=1S/C12H14N4O2.C9H11IN2O2.C9H10N4O5S.C3H4N2.Na/c1-2-6-18-16-11-7-10(15-5-3-4-13-15)8-14(9-11)12(16)17;1-2-3-14-12-8-4-7(10)5-11(6-8)9(12)13;14-9-11-5-7(12-3-1-2-10-12)4-8(6-11)13(9)16-19-18-17-15;1-2-4-5-3-1;/h2-5,7,11H,1,6,8-9H2;2,4,8H,1,3,5-6H2;1-4,8,15H,5-6H2;1-3H,(H,4,5);/q;;;;+1/i3D,4D,5D;;2*1D,2D,3D;. The van der Waals surface area contributed by atoms with Crippen LogP contribution in [0.1, 0.15) is 12.3 Å². The summed E-state index contributed by atoms with van der Waals surface area (Å²) < 4.78 is 78.7. The average molecular weight is 939 g/mol. The van der Waals surface area contributed by atoms with Gasteiger partial charge in [-0.15, -0.1) is 17.5 Å². The summed E-state index contributed by atoms with van der Waals surface area (Å²) in [6.07, 6.45) is 7.52. The van der Waals surface area contributed by atoms with Gasteiger partial charge in [0.25, 0.3) is 0 Å². The average Bonchev–Trinajstić information content (AvgIpc) is 4.02. The van der Waals surface area contributed by atoms with E-state index >= 15 is 0 Å². The third-order valence-electron chi connectivity index (χ3n) is 8.09. The van der Waals surface area contributed by atoms with Gasteiger partial charge in [-0.2, -0.15) is 34.8 Å². The smallest absolute Gasteiger partial charge is 0.316 e. The third-order valence-corrected chi connectivity index (χ3v) is 9.13. The van der Waals surface area contributed by atoms with Gasteiger partial charge in [0.2, 0.25) is 12.3 Å². The van der Waals surface area contributed by atoms with Crippen molar-refractivity contribution < 1.29 is 84.9 Å². The fourth-order valence-corrected chi connectivity index (χ4v) is 6.99. The van der Waals surface area contributed by atoms with E-state index in [4.69, 9.17) is 31.6 Å². The fourth-order valence-electron chi connectivity index (χ4n) is 5.88. The van der Waals surface area contributed by atoms with Crippen molar-refractivity contribution in [2.24, 2.45) is 0 Å². The summed E-state index contributed by atoms with van der Waals surface area (Å²) in [4.78, 5) is 51.4. The van der Waals surface area contributed by atoms with Crippen LogP contribution >= 0.6 is 34.9 Å². The number of carbonyl (C=O) groups is 3. The van der Waals surface area contributed by atoms with E-state index in [2.05, 4.69) is 71.6 Å². The van der Waals surface area contributed by atoms with Gasteiger partial charge in [0, 0.05) is 60.3 Å². The zero-order chi connectivity index (χ0) is 47.3. The maximum Gasteiger partial charge on any atom is 1.00 e. The van der Waals surface area contributed by atoms with Crippen LogP contribution < -0.4 is 29.6 Å². The third kappa shape index (κ3) is 11.1. The van der Waals surface area contributed by atoms with E-state index in [1.54, 1.807) is 34.1 Å². The first-order chi connectivity index (χ1) is 31.0. The summed E-state index contributed by atoms with van der Waals surface area (Å²) in [6.45, 7) is 10.5. The van der Waals surface area contributed by atoms with Crippen LogP contribution in [0.3, 0.4) is 0 Å². The largest absolute Gasteiger partial charge is 1.00 e. The summed E-state index contributed by atoms with van der Waals surface area (Å²) >= 11 is 2.52. The van der Waals surface area contributed by atoms with Crippen molar-refractivity contribution >= 4 is 64.4 Å². The van der Waals surface area contributed by atoms with Crippen LogP contribution in [-0.4, -0.2) is 154 Å². The molecule has 0 saturated carbocycles. The molecule has 6 aliphatic rings. The number of nitrogens with zero attached hydrogens (tertiary/aromatic N) is 11. The molecule has 0 aromatic carbocycles. The van der Waals surface area contributed by atoms with Gasteiger partial charge in [0.05, 0.1) is 68.7 Å². The number of fused-ring (bicyclic) bond motifs is 6. The SMILES string of the molecule is C=CCON1C(=O)N2CC(I)=CC1C2.[2H]c1n[nH]c([2H])c1[2H].[2H]c1nn(C2=CC3CN(C2)C(=O)N3OCC=C)c([2H])c1[2H].[2H]c1nn(C2=CC3CN(C2)C(=O)N3OSOOO)c([2H])c1[2H].[Na+]. The Labute approximate surface area is 379 Å². The molecule has 24 heteroatoms. The Bertz CT molecular complexity index is 2400. The maximum absolute atomic E-state index is 12.1. The molecule has 21 nitrogen and oxygen atoms in total. The van der Waals surface area contributed by atoms with E-state index in [-0.39, 0.29) is 141 Å². The second kappa shape index (κ2) is 21.7. The second-order valence-corrected chi connectivity index (χ2v) is 13.5. The first-order valence-electron chi connectivity index (χ1n) is 20.8. The van der Waals surface area contributed by atoms with E-state index < -0.39 is 12.1 Å². The van der Waals surface area contributed by atoms with Crippen molar-refractivity contribution in [2.75, 3.05) is 52.5 Å². The molecule has 0 radical (unpaired) electrons. The molecule has 3 atom stereocenters. The molecule has 3 aromatic rings. The molecule has 6 amide bonds. The van der Waals surface area contributed by atoms with Crippen LogP contribution in [0.4, 0.5) is 14.4 Å². The molecular weight excluding hydrogens is 890 g/mol. The number of amides is 6. The number of H-pyrrole nitrogens is 1. The number of hydrogen-bond donors (Lipinski definition) is 2. The number of hydrogen-bond acceptors (Lipinski definition) is 13. The molecule has 3 fully saturated rings. The molecule has 0 spiro atoms. The molecule has 9 rings (SSSR count). The molecule has 3 unspecified atom stereocenters. The summed E-state index contributed by atoms with van der Waals surface area (Å²) in [7, 11) is 0. The zero-order valence-electron chi connectivity index (χ0n) is 39.1. The van der Waals surface area contributed by atoms with Gasteiger partial charge in [0.1, 0.15) is 6.04 Å². The summed E-state index contributed by atoms with van der Waals surface area (Å²) in [5, 5.41) is 28.3. The van der Waals surface area contributed by atoms with E-state index in [1.807, 2.05) is 0 Å². The molecule has 298 valence electrons. The van der Waals surface area contributed by atoms with Gasteiger partial charge < -0.3 is 14.7 Å². The molecule has 3 aromatic heterocycles. The fraction of sp³-hybridized carbons (Fsp3) is 0.333. The van der Waals surface area contributed by atoms with Gasteiger partial charge in [-0.1, -0.05) is 17.2 Å². The van der Waals surface area contributed by atoms with Crippen molar-refractivity contribution in [1.29, 1.82) is 0 Å². The second-order valence-electron chi connectivity index (χ2n) is 11.7. The normalized spacial score (nSPS) is 23.5. The topological polar surface area (TPSA) is 201 Å². The van der Waals surface area contributed by atoms with E-state index in [0.717, 1.165) is 16.3 Å². The van der Waals surface area contributed by atoms with Gasteiger partial charge in [-0.3, -0.25) is 14.8 Å². The van der Waals surface area contributed by atoms with Gasteiger partial charge in [-0.05, 0) is 58.9 Å². The first kappa shape index (κ1) is 32.9. The Morgan fingerprint density at radius 2 is 1.32 bits per heavy atom. The van der Waals surface area contributed by atoms with E-state index in [9.17, 15) is 14.4 Å². The Balaban J connectivity index is 0.000000173. The Kier molecular flexibility index (Phi) is 12.5. The minimum Gasteiger partial charge on any atom is -0.316 e. The summed E-state index contributed by atoms with van der Waals surface area (Å²) in [5.74, 6) is 0. The van der Waals surface area contributed by atoms with Crippen LogP contribution in [-0.2, 0) is 23.3 Å². The van der Waals surface area contributed by atoms with Gasteiger partial charge in [-0.25, -0.2) is 29.0 Å². The van der Waals surface area contributed by atoms with E-state index in [1.165, 1.54) is 23.3 Å². The quantitative estimate of drug-likeness (QED) is 0.0489. The minimum absolute atomic E-state index is 0. The molecule has 2 N–H and O–H groups in total. The predicted octanol–water partition coefficient (Wildman–Crippen LogP) is 0.678. The first-order valence-corrected chi connectivity index (χ1v) is 18.1. The van der Waals surface area contributed by atoms with Crippen molar-refractivity contribution in [1.82, 2.24) is 59.6 Å². The maximum atomic E-state index is 12.1. The molecule has 0 aliphatic carbocycles. The Morgan fingerprint density at radius 1 is 0.807 bits per heavy atom. The van der Waals surface area contributed by atoms with Crippen LogP contribution in [0.5, 0.6) is 0 Å². The van der Waals surface area contributed by atoms with Crippen molar-refractivity contribution in [3.8, 4) is 0 Å². The number of aromatic amines is 1. The number of rotatable bonds is 12. The van der Waals surface area contributed by atoms with Crippen molar-refractivity contribution in [3.63, 3.8) is 0 Å². The number of hydroxylamine groups is 6. The van der Waals surface area contributed by atoms with Crippen molar-refractivity contribution in [2.45, 2.75) is 18.1 Å². The Morgan fingerprint density at radius 3 is 1.75 bits per heavy atom. The van der Waals surface area contributed by atoms with Gasteiger partial charge in [0.15, 0.2) is 0 Å². The molecule has 6 bridgehead atoms. The zero-order valence-corrected chi connectivity index (χ0v) is 35.1. The Hall–Kier alpha value is -4.02. The minimum atomic E-state index is -0.460. The molecular formula is C33H39IN12NaO9S+. The number of aromatic nitrogens is 6. The summed E-state index contributed by atoms with van der Waals surface area (Å²) in [6, 6.07) is -2.03. The molecule has 3 saturated heterocycles. The summed E-state index contributed by atoms with van der Waals surface area (Å²) in [5.41, 5.74) is 1.10. The van der Waals surface area contributed by atoms with E-state index in [0.29, 0.717) is 37.6 Å². The molecule has 6 aliphatic heterocycles.